The minimum atomic E-state index is -0.825. The van der Waals surface area contributed by atoms with E-state index in [1.807, 2.05) is 30.5 Å². The number of benzene rings is 1. The quantitative estimate of drug-likeness (QED) is 0.302. The van der Waals surface area contributed by atoms with Gasteiger partial charge in [0.15, 0.2) is 34.2 Å². The smallest absolute Gasteiger partial charge is 0.340 e. The Bertz CT molecular complexity index is 1500. The van der Waals surface area contributed by atoms with Crippen molar-refractivity contribution in [1.29, 1.82) is 0 Å². The topological polar surface area (TPSA) is 131 Å². The van der Waals surface area contributed by atoms with Crippen molar-refractivity contribution in [2.75, 3.05) is 13.7 Å². The van der Waals surface area contributed by atoms with Gasteiger partial charge in [0.25, 0.3) is 0 Å². The van der Waals surface area contributed by atoms with Crippen LogP contribution in [0.15, 0.2) is 51.2 Å². The van der Waals surface area contributed by atoms with Crippen LogP contribution in [0.5, 0.6) is 5.75 Å². The molecule has 2 fully saturated rings. The molecule has 0 radical (unpaired) electrons. The van der Waals surface area contributed by atoms with E-state index in [9.17, 15) is 9.90 Å². The molecular formula is C24H24N4O7S. The Labute approximate surface area is 209 Å². The molecule has 4 aromatic rings. The Hall–Kier alpha value is -3.03. The van der Waals surface area contributed by atoms with E-state index in [4.69, 9.17) is 28.3 Å². The number of nitrogens with zero attached hydrogens (tertiary/aromatic N) is 4. The molecule has 188 valence electrons. The highest BCUT2D eigenvalue weighted by Crippen LogP contribution is 2.45. The van der Waals surface area contributed by atoms with Crippen LogP contribution in [0.2, 0.25) is 0 Å². The maximum absolute atomic E-state index is 12.8. The number of fused-ring (bicyclic) bond motifs is 3. The maximum atomic E-state index is 12.8. The Balaban J connectivity index is 1.37. The summed E-state index contributed by atoms with van der Waals surface area (Å²) >= 11 is 1.34. The Morgan fingerprint density at radius 3 is 2.89 bits per heavy atom. The van der Waals surface area contributed by atoms with E-state index in [1.54, 1.807) is 18.3 Å². The number of para-hydroxylation sites is 1. The van der Waals surface area contributed by atoms with E-state index in [2.05, 4.69) is 9.97 Å². The van der Waals surface area contributed by atoms with Gasteiger partial charge in [-0.25, -0.2) is 19.7 Å². The molecule has 5 heterocycles. The number of ether oxygens (including phenoxy) is 4. The van der Waals surface area contributed by atoms with Gasteiger partial charge in [-0.3, -0.25) is 4.57 Å². The molecule has 2 aliphatic rings. The molecule has 6 rings (SSSR count). The molecule has 3 aromatic heterocycles. The summed E-state index contributed by atoms with van der Waals surface area (Å²) in [4.78, 5) is 26.0. The molecule has 12 heteroatoms. The first-order valence-corrected chi connectivity index (χ1v) is 12.4. The van der Waals surface area contributed by atoms with Crippen molar-refractivity contribution >= 4 is 33.9 Å². The number of hydrogen-bond donors (Lipinski definition) is 1. The van der Waals surface area contributed by atoms with E-state index >= 15 is 0 Å². The molecule has 1 N–H and O–H groups in total. The minimum absolute atomic E-state index is 0.219. The van der Waals surface area contributed by atoms with Gasteiger partial charge in [-0.2, -0.15) is 0 Å². The van der Waals surface area contributed by atoms with Crippen molar-refractivity contribution in [3.05, 3.63) is 52.8 Å². The predicted octanol–water partition coefficient (Wildman–Crippen LogP) is 2.64. The number of methoxy groups -OCH3 is 1. The zero-order chi connectivity index (χ0) is 25.0. The van der Waals surface area contributed by atoms with Crippen LogP contribution in [0.1, 0.15) is 25.6 Å². The zero-order valence-electron chi connectivity index (χ0n) is 19.8. The fourth-order valence-corrected chi connectivity index (χ4v) is 5.72. The average Bonchev–Trinajstić information content (AvgIpc) is 3.49. The van der Waals surface area contributed by atoms with Crippen LogP contribution in [0, 0.1) is 0 Å². The van der Waals surface area contributed by atoms with Crippen molar-refractivity contribution in [1.82, 2.24) is 19.5 Å². The number of aliphatic hydroxyl groups is 1. The van der Waals surface area contributed by atoms with Gasteiger partial charge in [-0.15, -0.1) is 0 Å². The summed E-state index contributed by atoms with van der Waals surface area (Å²) in [6.45, 7) is 3.44. The fourth-order valence-electron chi connectivity index (χ4n) is 4.74. The van der Waals surface area contributed by atoms with Crippen molar-refractivity contribution in [2.24, 2.45) is 0 Å². The van der Waals surface area contributed by atoms with Gasteiger partial charge in [0.2, 0.25) is 0 Å². The third-order valence-electron chi connectivity index (χ3n) is 6.26. The van der Waals surface area contributed by atoms with Crippen LogP contribution in [-0.4, -0.2) is 62.4 Å². The van der Waals surface area contributed by atoms with Gasteiger partial charge >= 0.3 is 5.63 Å². The van der Waals surface area contributed by atoms with Gasteiger partial charge in [0, 0.05) is 16.7 Å². The molecule has 1 aromatic carbocycles. The standard InChI is InChI=1S/C24H24N4O7S/c1-24(2)34-18-16(9-29)32-21(19(18)35-24)28-20-14(8-25-11-26-20)27-23(28)36-10-13-7-12-5-4-6-15(31-3)17(12)33-22(13)30/h4-8,11,16,18-19,21,29H,9-10H2,1-3H3/t16-,18-,19-,21-/m1/s1. The maximum Gasteiger partial charge on any atom is 0.340 e. The first-order chi connectivity index (χ1) is 17.4. The van der Waals surface area contributed by atoms with Crippen molar-refractivity contribution in [3.8, 4) is 5.75 Å². The largest absolute Gasteiger partial charge is 0.493 e. The molecular weight excluding hydrogens is 488 g/mol. The monoisotopic (exact) mass is 512 g/mol. The second kappa shape index (κ2) is 8.82. The number of aromatic nitrogens is 4. The minimum Gasteiger partial charge on any atom is -0.493 e. The molecule has 0 spiro atoms. The second-order valence-corrected chi connectivity index (χ2v) is 9.98. The van der Waals surface area contributed by atoms with E-state index in [0.717, 1.165) is 5.39 Å². The number of thioether (sulfide) groups is 1. The van der Waals surface area contributed by atoms with Crippen LogP contribution in [0.4, 0.5) is 0 Å². The third kappa shape index (κ3) is 3.85. The highest BCUT2D eigenvalue weighted by molar-refractivity contribution is 7.98. The molecule has 36 heavy (non-hydrogen) atoms. The summed E-state index contributed by atoms with van der Waals surface area (Å²) in [6, 6.07) is 7.24. The molecule has 11 nitrogen and oxygen atoms in total. The third-order valence-corrected chi connectivity index (χ3v) is 7.26. The van der Waals surface area contributed by atoms with Crippen molar-refractivity contribution in [2.45, 2.75) is 55.1 Å². The number of hydrogen-bond acceptors (Lipinski definition) is 11. The van der Waals surface area contributed by atoms with Crippen molar-refractivity contribution in [3.63, 3.8) is 0 Å². The van der Waals surface area contributed by atoms with Gasteiger partial charge in [-0.1, -0.05) is 23.9 Å². The Kier molecular flexibility index (Phi) is 5.73. The van der Waals surface area contributed by atoms with E-state index < -0.39 is 36.0 Å². The zero-order valence-corrected chi connectivity index (χ0v) is 20.6. The SMILES string of the molecule is COc1cccc2cc(CSc3nc4cncnc4n3[C@@H]3O[C@H](CO)[C@H]4OC(C)(C)O[C@H]43)c(=O)oc12. The summed E-state index contributed by atoms with van der Waals surface area (Å²) < 4.78 is 31.1. The summed E-state index contributed by atoms with van der Waals surface area (Å²) in [7, 11) is 1.53. The highest BCUT2D eigenvalue weighted by atomic mass is 32.2. The Morgan fingerprint density at radius 1 is 1.25 bits per heavy atom. The molecule has 0 unspecified atom stereocenters. The van der Waals surface area contributed by atoms with E-state index in [-0.39, 0.29) is 6.61 Å². The highest BCUT2D eigenvalue weighted by Gasteiger charge is 2.56. The normalized spacial score (nSPS) is 25.0. The van der Waals surface area contributed by atoms with Gasteiger partial charge in [0.1, 0.15) is 30.2 Å². The first-order valence-electron chi connectivity index (χ1n) is 11.4. The van der Waals surface area contributed by atoms with Crippen LogP contribution < -0.4 is 10.4 Å². The first kappa shape index (κ1) is 23.4. The molecule has 0 saturated carbocycles. The molecule has 2 saturated heterocycles. The summed E-state index contributed by atoms with van der Waals surface area (Å²) in [5.41, 5.74) is 1.56. The van der Waals surface area contributed by atoms with Crippen molar-refractivity contribution < 1.29 is 28.5 Å². The lowest BCUT2D eigenvalue weighted by molar-refractivity contribution is -0.200. The second-order valence-electron chi connectivity index (χ2n) is 9.03. The van der Waals surface area contributed by atoms with Gasteiger partial charge < -0.3 is 28.5 Å². The van der Waals surface area contributed by atoms with Crippen LogP contribution in [0.25, 0.3) is 22.1 Å². The molecule has 4 atom stereocenters. The molecule has 0 amide bonds. The molecule has 0 aliphatic carbocycles. The average molecular weight is 513 g/mol. The fraction of sp³-hybridized carbons (Fsp3) is 0.417. The number of aliphatic hydroxyl groups excluding tert-OH is 1. The lowest BCUT2D eigenvalue weighted by Crippen LogP contribution is -2.31. The summed E-state index contributed by atoms with van der Waals surface area (Å²) in [5, 5.41) is 11.2. The predicted molar refractivity (Wildman–Crippen MR) is 129 cm³/mol. The van der Waals surface area contributed by atoms with E-state index in [0.29, 0.717) is 39.0 Å². The lowest BCUT2D eigenvalue weighted by Gasteiger charge is -2.25. The number of rotatable bonds is 6. The van der Waals surface area contributed by atoms with Gasteiger partial charge in [0.05, 0.1) is 19.9 Å². The summed E-state index contributed by atoms with van der Waals surface area (Å²) in [5.74, 6) is -0.0364. The van der Waals surface area contributed by atoms with Crippen LogP contribution in [0.3, 0.4) is 0 Å². The molecule has 0 bridgehead atoms. The number of imidazole rings is 1. The summed E-state index contributed by atoms with van der Waals surface area (Å²) in [6.07, 6.45) is 0.907. The van der Waals surface area contributed by atoms with Crippen LogP contribution >= 0.6 is 11.8 Å². The van der Waals surface area contributed by atoms with E-state index in [1.165, 1.54) is 25.2 Å². The molecule has 2 aliphatic heterocycles. The Morgan fingerprint density at radius 2 is 2.08 bits per heavy atom. The van der Waals surface area contributed by atoms with Crippen LogP contribution in [-0.2, 0) is 20.0 Å². The van der Waals surface area contributed by atoms with Gasteiger partial charge in [-0.05, 0) is 26.0 Å². The lowest BCUT2D eigenvalue weighted by atomic mass is 10.1.